The molecule has 1 fully saturated rings. The van der Waals surface area contributed by atoms with E-state index >= 15 is 0 Å². The minimum atomic E-state index is -3.00. The lowest BCUT2D eigenvalue weighted by atomic mass is 10.1. The fourth-order valence-corrected chi connectivity index (χ4v) is 4.55. The summed E-state index contributed by atoms with van der Waals surface area (Å²) in [7, 11) is -3.00. The van der Waals surface area contributed by atoms with Gasteiger partial charge in [-0.3, -0.25) is 4.79 Å². The zero-order valence-corrected chi connectivity index (χ0v) is 12.6. The van der Waals surface area contributed by atoms with Crippen molar-refractivity contribution in [2.45, 2.75) is 19.4 Å². The van der Waals surface area contributed by atoms with Gasteiger partial charge in [0.25, 0.3) is 5.91 Å². The molecule has 0 saturated carbocycles. The predicted molar refractivity (Wildman–Crippen MR) is 79.9 cm³/mol. The maximum absolute atomic E-state index is 12.6. The first-order valence-electron chi connectivity index (χ1n) is 6.94. The summed E-state index contributed by atoms with van der Waals surface area (Å²) < 4.78 is 23.2. The van der Waals surface area contributed by atoms with Gasteiger partial charge in [0.2, 0.25) is 0 Å². The minimum absolute atomic E-state index is 0.0683. The van der Waals surface area contributed by atoms with Crippen LogP contribution in [0.25, 0.3) is 11.0 Å². The van der Waals surface area contributed by atoms with Crippen LogP contribution in [0, 0.1) is 0 Å². The number of hydrogen-bond donors (Lipinski definition) is 1. The molecule has 112 valence electrons. The number of carbonyl (C=O) groups excluding carboxylic acids is 1. The molecule has 2 heterocycles. The number of hydrogen-bond acceptors (Lipinski definition) is 4. The van der Waals surface area contributed by atoms with Gasteiger partial charge in [-0.25, -0.2) is 13.4 Å². The third-order valence-electron chi connectivity index (χ3n) is 3.92. The number of nitrogens with one attached hydrogen (secondary N) is 1. The second-order valence-corrected chi connectivity index (χ2v) is 7.51. The highest BCUT2D eigenvalue weighted by molar-refractivity contribution is 7.91. The smallest absolute Gasteiger partial charge is 0.254 e. The van der Waals surface area contributed by atoms with Gasteiger partial charge in [0, 0.05) is 18.2 Å². The predicted octanol–water partition coefficient (Wildman–Crippen LogP) is 1.21. The van der Waals surface area contributed by atoms with Crippen molar-refractivity contribution in [3.05, 3.63) is 30.1 Å². The second-order valence-electron chi connectivity index (χ2n) is 5.28. The van der Waals surface area contributed by atoms with Crippen molar-refractivity contribution in [1.82, 2.24) is 14.9 Å². The van der Waals surface area contributed by atoms with Crippen LogP contribution in [0.1, 0.15) is 23.7 Å². The molecule has 1 amide bonds. The van der Waals surface area contributed by atoms with Crippen LogP contribution in [0.15, 0.2) is 24.5 Å². The third-order valence-corrected chi connectivity index (χ3v) is 5.67. The monoisotopic (exact) mass is 307 g/mol. The van der Waals surface area contributed by atoms with Crippen LogP contribution in [-0.2, 0) is 9.84 Å². The molecule has 6 nitrogen and oxygen atoms in total. The zero-order chi connectivity index (χ0) is 15.0. The molecular weight excluding hydrogens is 290 g/mol. The number of carbonyl (C=O) groups is 1. The Morgan fingerprint density at radius 3 is 2.95 bits per heavy atom. The van der Waals surface area contributed by atoms with E-state index in [4.69, 9.17) is 0 Å². The summed E-state index contributed by atoms with van der Waals surface area (Å²) in [6, 6.07) is 5.07. The van der Waals surface area contributed by atoms with Gasteiger partial charge in [-0.05, 0) is 31.5 Å². The van der Waals surface area contributed by atoms with Gasteiger partial charge >= 0.3 is 0 Å². The number of sulfone groups is 1. The molecule has 0 radical (unpaired) electrons. The molecule has 1 N–H and O–H groups in total. The van der Waals surface area contributed by atoms with Crippen molar-refractivity contribution in [1.29, 1.82) is 0 Å². The highest BCUT2D eigenvalue weighted by Gasteiger charge is 2.34. The molecule has 1 aliphatic heterocycles. The molecule has 7 heteroatoms. The Bertz CT molecular complexity index is 782. The second kappa shape index (κ2) is 5.14. The van der Waals surface area contributed by atoms with E-state index in [-0.39, 0.29) is 23.5 Å². The molecule has 0 bridgehead atoms. The molecule has 2 aromatic rings. The van der Waals surface area contributed by atoms with Gasteiger partial charge < -0.3 is 9.88 Å². The van der Waals surface area contributed by atoms with E-state index in [0.717, 1.165) is 11.0 Å². The van der Waals surface area contributed by atoms with Crippen molar-refractivity contribution in [2.24, 2.45) is 0 Å². The summed E-state index contributed by atoms with van der Waals surface area (Å²) in [4.78, 5) is 21.4. The lowest BCUT2D eigenvalue weighted by Crippen LogP contribution is -2.40. The summed E-state index contributed by atoms with van der Waals surface area (Å²) in [5.41, 5.74) is 2.16. The first-order chi connectivity index (χ1) is 10.00. The van der Waals surface area contributed by atoms with Crippen molar-refractivity contribution < 1.29 is 13.2 Å². The molecule has 0 aliphatic carbocycles. The molecule has 3 rings (SSSR count). The Kier molecular flexibility index (Phi) is 3.44. The fourth-order valence-electron chi connectivity index (χ4n) is 2.82. The maximum Gasteiger partial charge on any atom is 0.254 e. The number of aromatic amines is 1. The number of benzene rings is 1. The van der Waals surface area contributed by atoms with Gasteiger partial charge in [0.1, 0.15) is 0 Å². The van der Waals surface area contributed by atoms with E-state index in [1.165, 1.54) is 0 Å². The van der Waals surface area contributed by atoms with Crippen LogP contribution in [0.2, 0.25) is 0 Å². The minimum Gasteiger partial charge on any atom is -0.345 e. The molecule has 1 aromatic heterocycles. The van der Waals surface area contributed by atoms with Crippen LogP contribution in [0.5, 0.6) is 0 Å². The lowest BCUT2D eigenvalue weighted by Gasteiger charge is -2.26. The normalized spacial score (nSPS) is 20.7. The zero-order valence-electron chi connectivity index (χ0n) is 11.7. The Labute approximate surface area is 123 Å². The van der Waals surface area contributed by atoms with E-state index in [1.807, 2.05) is 6.92 Å². The summed E-state index contributed by atoms with van der Waals surface area (Å²) in [5, 5.41) is 0. The van der Waals surface area contributed by atoms with Crippen molar-refractivity contribution in [3.63, 3.8) is 0 Å². The summed E-state index contributed by atoms with van der Waals surface area (Å²) in [6.07, 6.45) is 2.11. The fraction of sp³-hybridized carbons (Fsp3) is 0.429. The van der Waals surface area contributed by atoms with Gasteiger partial charge in [0.15, 0.2) is 9.84 Å². The van der Waals surface area contributed by atoms with E-state index in [2.05, 4.69) is 9.97 Å². The average Bonchev–Trinajstić information content (AvgIpc) is 3.05. The molecule has 1 saturated heterocycles. The first-order valence-corrected chi connectivity index (χ1v) is 8.77. The number of H-pyrrole nitrogens is 1. The SMILES string of the molecule is CCN(C(=O)c1ccc2nc[nH]c2c1)C1CCS(=O)(=O)C1. The highest BCUT2D eigenvalue weighted by atomic mass is 32.2. The van der Waals surface area contributed by atoms with Gasteiger partial charge in [-0.15, -0.1) is 0 Å². The van der Waals surface area contributed by atoms with Gasteiger partial charge in [-0.2, -0.15) is 0 Å². The van der Waals surface area contributed by atoms with E-state index in [1.54, 1.807) is 29.4 Å². The molecular formula is C14H17N3O3S. The number of nitrogens with zero attached hydrogens (tertiary/aromatic N) is 2. The standard InChI is InChI=1S/C14H17N3O3S/c1-2-17(11-5-6-21(19,20)8-11)14(18)10-3-4-12-13(7-10)16-9-15-12/h3-4,7,9,11H,2,5-6,8H2,1H3,(H,15,16). The van der Waals surface area contributed by atoms with Gasteiger partial charge in [-0.1, -0.05) is 0 Å². The van der Waals surface area contributed by atoms with Crippen LogP contribution in [0.4, 0.5) is 0 Å². The third kappa shape index (κ3) is 2.65. The summed E-state index contributed by atoms with van der Waals surface area (Å²) in [5.74, 6) is 0.107. The van der Waals surface area contributed by atoms with Crippen LogP contribution in [0.3, 0.4) is 0 Å². The first kappa shape index (κ1) is 14.1. The van der Waals surface area contributed by atoms with Crippen molar-refractivity contribution >= 4 is 26.8 Å². The number of fused-ring (bicyclic) bond motifs is 1. The van der Waals surface area contributed by atoms with Crippen LogP contribution < -0.4 is 0 Å². The van der Waals surface area contributed by atoms with E-state index in [9.17, 15) is 13.2 Å². The average molecular weight is 307 g/mol. The Morgan fingerprint density at radius 1 is 1.48 bits per heavy atom. The molecule has 0 spiro atoms. The number of imidazole rings is 1. The molecule has 21 heavy (non-hydrogen) atoms. The summed E-state index contributed by atoms with van der Waals surface area (Å²) >= 11 is 0. The number of amides is 1. The van der Waals surface area contributed by atoms with Gasteiger partial charge in [0.05, 0.1) is 28.9 Å². The number of aromatic nitrogens is 2. The van der Waals surface area contributed by atoms with Crippen LogP contribution in [-0.4, -0.2) is 53.3 Å². The van der Waals surface area contributed by atoms with Crippen LogP contribution >= 0.6 is 0 Å². The van der Waals surface area contributed by atoms with E-state index in [0.29, 0.717) is 18.5 Å². The molecule has 1 aliphatic rings. The Balaban J connectivity index is 1.88. The number of rotatable bonds is 3. The summed E-state index contributed by atoms with van der Waals surface area (Å²) in [6.45, 7) is 2.37. The molecule has 1 unspecified atom stereocenters. The quantitative estimate of drug-likeness (QED) is 0.924. The maximum atomic E-state index is 12.6. The lowest BCUT2D eigenvalue weighted by molar-refractivity contribution is 0.0708. The van der Waals surface area contributed by atoms with E-state index < -0.39 is 9.84 Å². The largest absolute Gasteiger partial charge is 0.345 e. The molecule has 1 atom stereocenters. The topological polar surface area (TPSA) is 83.1 Å². The molecule has 1 aromatic carbocycles. The Morgan fingerprint density at radius 2 is 2.29 bits per heavy atom. The van der Waals surface area contributed by atoms with Crippen molar-refractivity contribution in [3.8, 4) is 0 Å². The highest BCUT2D eigenvalue weighted by Crippen LogP contribution is 2.21. The Hall–Kier alpha value is -1.89. The van der Waals surface area contributed by atoms with Crippen molar-refractivity contribution in [2.75, 3.05) is 18.1 Å².